The number of carbonyl (C=O) groups is 1. The lowest BCUT2D eigenvalue weighted by atomic mass is 10.0. The van der Waals surface area contributed by atoms with Crippen LogP contribution in [0.5, 0.6) is 11.5 Å². The molecule has 7 nitrogen and oxygen atoms in total. The summed E-state index contributed by atoms with van der Waals surface area (Å²) in [6.45, 7) is 0. The summed E-state index contributed by atoms with van der Waals surface area (Å²) in [5.41, 5.74) is 8.16. The van der Waals surface area contributed by atoms with E-state index in [1.807, 2.05) is 54.6 Å². The average Bonchev–Trinajstić information content (AvgIpc) is 3.37. The maximum Gasteiger partial charge on any atom is 0.258 e. The number of amides is 1. The molecule has 0 bridgehead atoms. The van der Waals surface area contributed by atoms with Crippen LogP contribution in [0.2, 0.25) is 0 Å². The van der Waals surface area contributed by atoms with E-state index in [9.17, 15) is 4.79 Å². The molecule has 180 valence electrons. The quantitative estimate of drug-likeness (QED) is 0.261. The third kappa shape index (κ3) is 4.32. The lowest BCUT2D eigenvalue weighted by molar-refractivity contribution is 0.100. The van der Waals surface area contributed by atoms with Crippen molar-refractivity contribution in [1.82, 2.24) is 15.2 Å². The second-order valence-corrected chi connectivity index (χ2v) is 9.23. The van der Waals surface area contributed by atoms with Crippen molar-refractivity contribution in [3.05, 3.63) is 102 Å². The molecule has 0 radical (unpaired) electrons. The fourth-order valence-electron chi connectivity index (χ4n) is 4.04. The van der Waals surface area contributed by atoms with Crippen molar-refractivity contribution in [2.45, 2.75) is 0 Å². The molecule has 3 aromatic heterocycles. The highest BCUT2D eigenvalue weighted by Gasteiger charge is 2.15. The number of nitrogens with one attached hydrogen (secondary N) is 1. The Kier molecular flexibility index (Phi) is 5.66. The van der Waals surface area contributed by atoms with Gasteiger partial charge in [-0.15, -0.1) is 21.5 Å². The van der Waals surface area contributed by atoms with E-state index in [4.69, 9.17) is 10.5 Å². The minimum absolute atomic E-state index is 0.0300. The van der Waals surface area contributed by atoms with Crippen LogP contribution in [0.4, 0.5) is 15.9 Å². The number of halogens is 1. The smallest absolute Gasteiger partial charge is 0.258 e. The van der Waals surface area contributed by atoms with Crippen LogP contribution in [0.15, 0.2) is 91.1 Å². The van der Waals surface area contributed by atoms with Crippen molar-refractivity contribution >= 4 is 49.7 Å². The first kappa shape index (κ1) is 22.6. The lowest BCUT2D eigenvalue weighted by Gasteiger charge is -2.12. The second-order valence-electron chi connectivity index (χ2n) is 8.18. The van der Waals surface area contributed by atoms with Gasteiger partial charge in [0, 0.05) is 40.4 Å². The number of hydrogen-bond acceptors (Lipinski definition) is 7. The first-order valence-electron chi connectivity index (χ1n) is 11.3. The van der Waals surface area contributed by atoms with Gasteiger partial charge in [-0.2, -0.15) is 0 Å². The predicted octanol–water partition coefficient (Wildman–Crippen LogP) is 6.68. The van der Waals surface area contributed by atoms with Crippen LogP contribution in [0.3, 0.4) is 0 Å². The van der Waals surface area contributed by atoms with Crippen molar-refractivity contribution < 1.29 is 13.9 Å². The van der Waals surface area contributed by atoms with Crippen molar-refractivity contribution in [2.75, 3.05) is 5.32 Å². The van der Waals surface area contributed by atoms with E-state index in [1.165, 1.54) is 18.3 Å². The molecule has 0 aliphatic rings. The maximum absolute atomic E-state index is 15.1. The summed E-state index contributed by atoms with van der Waals surface area (Å²) >= 11 is 1.15. The first-order valence-corrected chi connectivity index (χ1v) is 12.1. The third-order valence-electron chi connectivity index (χ3n) is 5.77. The van der Waals surface area contributed by atoms with Crippen LogP contribution in [0.1, 0.15) is 9.67 Å². The highest BCUT2D eigenvalue weighted by molar-refractivity contribution is 7.21. The highest BCUT2D eigenvalue weighted by atomic mass is 32.1. The van der Waals surface area contributed by atoms with Gasteiger partial charge in [0.2, 0.25) is 0 Å². The zero-order valence-electron chi connectivity index (χ0n) is 19.2. The average molecular weight is 508 g/mol. The minimum atomic E-state index is -0.570. The van der Waals surface area contributed by atoms with Gasteiger partial charge >= 0.3 is 0 Å². The molecule has 37 heavy (non-hydrogen) atoms. The molecule has 0 fully saturated rings. The Bertz CT molecular complexity index is 1790. The third-order valence-corrected chi connectivity index (χ3v) is 6.92. The van der Waals surface area contributed by atoms with Crippen LogP contribution in [0.25, 0.3) is 32.2 Å². The number of primary amides is 1. The number of nitrogens with zero attached hydrogens (tertiary/aromatic N) is 3. The fraction of sp³-hybridized carbons (Fsp3) is 0. The molecule has 0 atom stereocenters. The number of ether oxygens (including phenoxy) is 1. The Morgan fingerprint density at radius 3 is 2.46 bits per heavy atom. The second kappa shape index (κ2) is 9.29. The van der Waals surface area contributed by atoms with E-state index >= 15 is 4.39 Å². The number of pyridine rings is 1. The van der Waals surface area contributed by atoms with Crippen LogP contribution >= 0.6 is 11.3 Å². The molecular formula is C28H18FN5O2S. The number of carbonyl (C=O) groups excluding carboxylic acids is 1. The molecule has 1 amide bonds. The maximum atomic E-state index is 15.1. The summed E-state index contributed by atoms with van der Waals surface area (Å²) in [7, 11) is 0. The van der Waals surface area contributed by atoms with Crippen LogP contribution < -0.4 is 15.8 Å². The van der Waals surface area contributed by atoms with E-state index in [0.717, 1.165) is 33.4 Å². The van der Waals surface area contributed by atoms with Gasteiger partial charge in [0.05, 0.1) is 15.1 Å². The summed E-state index contributed by atoms with van der Waals surface area (Å²) in [5.74, 6) is -0.197. The van der Waals surface area contributed by atoms with Gasteiger partial charge in [0.1, 0.15) is 11.4 Å². The van der Waals surface area contributed by atoms with Crippen molar-refractivity contribution in [2.24, 2.45) is 5.73 Å². The Morgan fingerprint density at radius 2 is 1.68 bits per heavy atom. The molecule has 0 unspecified atom stereocenters. The van der Waals surface area contributed by atoms with Crippen LogP contribution in [-0.4, -0.2) is 21.1 Å². The Labute approximate surface area is 214 Å². The van der Waals surface area contributed by atoms with Gasteiger partial charge in [-0.1, -0.05) is 54.6 Å². The molecule has 0 saturated carbocycles. The monoisotopic (exact) mass is 507 g/mol. The molecule has 3 heterocycles. The van der Waals surface area contributed by atoms with Gasteiger partial charge in [0.25, 0.3) is 5.91 Å². The summed E-state index contributed by atoms with van der Waals surface area (Å²) in [6, 6.07) is 25.4. The van der Waals surface area contributed by atoms with Gasteiger partial charge in [-0.05, 0) is 18.2 Å². The Balaban J connectivity index is 1.30. The number of anilines is 2. The standard InChI is InChI=1S/C28H18FN5O2S/c29-20-14-17(10-11-22(20)36-23-12-13-31-21-15-24(27(30)35)37-26(21)23)32-28-19-9-5-4-8-18(19)25(33-34-28)16-6-2-1-3-7-16/h1-15H,(H2,30,35)(H,32,34). The van der Waals surface area contributed by atoms with Crippen LogP contribution in [0, 0.1) is 5.82 Å². The largest absolute Gasteiger partial charge is 0.453 e. The van der Waals surface area contributed by atoms with E-state index in [1.54, 1.807) is 18.2 Å². The normalized spacial score (nSPS) is 11.1. The Morgan fingerprint density at radius 1 is 0.892 bits per heavy atom. The number of benzene rings is 3. The number of aromatic nitrogens is 3. The number of fused-ring (bicyclic) bond motifs is 2. The van der Waals surface area contributed by atoms with E-state index in [2.05, 4.69) is 20.5 Å². The van der Waals surface area contributed by atoms with E-state index in [-0.39, 0.29) is 5.75 Å². The highest BCUT2D eigenvalue weighted by Crippen LogP contribution is 2.37. The predicted molar refractivity (Wildman–Crippen MR) is 143 cm³/mol. The van der Waals surface area contributed by atoms with Gasteiger partial charge in [0.15, 0.2) is 17.4 Å². The summed E-state index contributed by atoms with van der Waals surface area (Å²) < 4.78 is 21.5. The first-order chi connectivity index (χ1) is 18.1. The fourth-order valence-corrected chi connectivity index (χ4v) is 4.96. The number of nitrogens with two attached hydrogens (primary N) is 1. The molecular weight excluding hydrogens is 489 g/mol. The number of rotatable bonds is 6. The molecule has 0 saturated heterocycles. The molecule has 6 aromatic rings. The molecule has 3 aromatic carbocycles. The molecule has 0 aliphatic heterocycles. The zero-order chi connectivity index (χ0) is 25.4. The molecule has 3 N–H and O–H groups in total. The van der Waals surface area contributed by atoms with Crippen LogP contribution in [-0.2, 0) is 0 Å². The van der Waals surface area contributed by atoms with Crippen molar-refractivity contribution in [1.29, 1.82) is 0 Å². The number of hydrogen-bond donors (Lipinski definition) is 2. The summed E-state index contributed by atoms with van der Waals surface area (Å²) in [4.78, 5) is 16.1. The molecule has 0 aliphatic carbocycles. The SMILES string of the molecule is NC(=O)c1cc2nccc(Oc3ccc(Nc4nnc(-c5ccccc5)c5ccccc45)cc3F)c2s1. The van der Waals surface area contributed by atoms with E-state index in [0.29, 0.717) is 32.3 Å². The van der Waals surface area contributed by atoms with E-state index < -0.39 is 11.7 Å². The summed E-state index contributed by atoms with van der Waals surface area (Å²) in [5, 5.41) is 13.8. The van der Waals surface area contributed by atoms with Gasteiger partial charge < -0.3 is 15.8 Å². The molecule has 0 spiro atoms. The number of thiophene rings is 1. The van der Waals surface area contributed by atoms with Crippen molar-refractivity contribution in [3.8, 4) is 22.8 Å². The molecule has 9 heteroatoms. The Hall–Kier alpha value is -4.89. The summed E-state index contributed by atoms with van der Waals surface area (Å²) in [6.07, 6.45) is 1.53. The van der Waals surface area contributed by atoms with Gasteiger partial charge in [-0.3, -0.25) is 9.78 Å². The van der Waals surface area contributed by atoms with Gasteiger partial charge in [-0.25, -0.2) is 4.39 Å². The zero-order valence-corrected chi connectivity index (χ0v) is 20.0. The van der Waals surface area contributed by atoms with Crippen molar-refractivity contribution in [3.63, 3.8) is 0 Å². The molecule has 6 rings (SSSR count). The topological polar surface area (TPSA) is 103 Å². The minimum Gasteiger partial charge on any atom is -0.453 e. The lowest BCUT2D eigenvalue weighted by Crippen LogP contribution is -2.08.